The summed E-state index contributed by atoms with van der Waals surface area (Å²) in [5, 5.41) is 3.32. The molecule has 0 saturated carbocycles. The van der Waals surface area contributed by atoms with Crippen LogP contribution in [0.25, 0.3) is 0 Å². The van der Waals surface area contributed by atoms with Crippen LogP contribution in [0.4, 0.5) is 5.13 Å². The zero-order valence-corrected chi connectivity index (χ0v) is 9.58. The van der Waals surface area contributed by atoms with E-state index in [1.165, 1.54) is 18.3 Å². The van der Waals surface area contributed by atoms with Crippen LogP contribution in [0, 0.1) is 13.8 Å². The number of anilines is 1. The number of amides is 1. The fourth-order valence-electron chi connectivity index (χ4n) is 0.677. The van der Waals surface area contributed by atoms with Crippen molar-refractivity contribution in [3.8, 4) is 0 Å². The SMILES string of the molecule is CC.CC(=O)Nc1nc(C)c(C)s1.[HH]. The molecule has 0 aliphatic carbocycles. The Labute approximate surface area is 84.7 Å². The molecule has 1 heterocycles. The highest BCUT2D eigenvalue weighted by Gasteiger charge is 2.03. The topological polar surface area (TPSA) is 42.0 Å². The largest absolute Gasteiger partial charge is 0.302 e. The van der Waals surface area contributed by atoms with Crippen molar-refractivity contribution in [2.24, 2.45) is 0 Å². The predicted molar refractivity (Wildman–Crippen MR) is 59.4 cm³/mol. The van der Waals surface area contributed by atoms with Gasteiger partial charge in [-0.25, -0.2) is 4.98 Å². The Morgan fingerprint density at radius 3 is 2.31 bits per heavy atom. The van der Waals surface area contributed by atoms with Crippen LogP contribution in [0.3, 0.4) is 0 Å². The summed E-state index contributed by atoms with van der Waals surface area (Å²) in [5.74, 6) is -0.0706. The van der Waals surface area contributed by atoms with Gasteiger partial charge in [0.1, 0.15) is 0 Å². The average molecular weight is 202 g/mol. The summed E-state index contributed by atoms with van der Waals surface area (Å²) in [4.78, 5) is 15.9. The number of carbonyl (C=O) groups excluding carboxylic acids is 1. The number of rotatable bonds is 1. The number of carbonyl (C=O) groups is 1. The van der Waals surface area contributed by atoms with Crippen LogP contribution in [-0.2, 0) is 4.79 Å². The van der Waals surface area contributed by atoms with Crippen molar-refractivity contribution in [1.29, 1.82) is 0 Å². The number of hydrogen-bond donors (Lipinski definition) is 1. The lowest BCUT2D eigenvalue weighted by Crippen LogP contribution is -2.04. The third-order valence-electron chi connectivity index (χ3n) is 1.31. The Bertz CT molecular complexity index is 267. The number of aryl methyl sites for hydroxylation is 2. The van der Waals surface area contributed by atoms with E-state index in [2.05, 4.69) is 10.3 Å². The van der Waals surface area contributed by atoms with Gasteiger partial charge in [0.25, 0.3) is 0 Å². The maximum Gasteiger partial charge on any atom is 0.223 e. The summed E-state index contributed by atoms with van der Waals surface area (Å²) in [7, 11) is 0. The van der Waals surface area contributed by atoms with Gasteiger partial charge in [0.2, 0.25) is 5.91 Å². The molecule has 1 N–H and O–H groups in total. The van der Waals surface area contributed by atoms with E-state index in [0.717, 1.165) is 10.6 Å². The van der Waals surface area contributed by atoms with Gasteiger partial charge >= 0.3 is 0 Å². The molecular weight excluding hydrogens is 184 g/mol. The van der Waals surface area contributed by atoms with Crippen molar-refractivity contribution in [2.75, 3.05) is 5.32 Å². The number of thiazole rings is 1. The van der Waals surface area contributed by atoms with Gasteiger partial charge in [-0.2, -0.15) is 0 Å². The molecule has 0 bridgehead atoms. The van der Waals surface area contributed by atoms with E-state index in [-0.39, 0.29) is 7.33 Å². The summed E-state index contributed by atoms with van der Waals surface area (Å²) in [6.45, 7) is 9.39. The Kier molecular flexibility index (Phi) is 5.30. The van der Waals surface area contributed by atoms with E-state index < -0.39 is 0 Å². The molecule has 0 spiro atoms. The van der Waals surface area contributed by atoms with E-state index >= 15 is 0 Å². The molecule has 0 aromatic carbocycles. The Balaban J connectivity index is 0. The zero-order valence-electron chi connectivity index (χ0n) is 8.76. The number of aromatic nitrogens is 1. The maximum absolute atomic E-state index is 10.6. The molecule has 0 saturated heterocycles. The lowest BCUT2D eigenvalue weighted by molar-refractivity contribution is -0.114. The van der Waals surface area contributed by atoms with Gasteiger partial charge in [0, 0.05) is 13.2 Å². The minimum atomic E-state index is -0.0706. The molecule has 76 valence electrons. The molecule has 1 amide bonds. The minimum absolute atomic E-state index is 0. The van der Waals surface area contributed by atoms with Crippen LogP contribution in [0.1, 0.15) is 32.8 Å². The highest BCUT2D eigenvalue weighted by molar-refractivity contribution is 7.15. The van der Waals surface area contributed by atoms with Gasteiger partial charge in [-0.15, -0.1) is 11.3 Å². The van der Waals surface area contributed by atoms with Gasteiger partial charge in [0.15, 0.2) is 5.13 Å². The lowest BCUT2D eigenvalue weighted by Gasteiger charge is -1.91. The molecule has 0 radical (unpaired) electrons. The molecule has 0 aliphatic heterocycles. The van der Waals surface area contributed by atoms with Crippen molar-refractivity contribution in [1.82, 2.24) is 4.98 Å². The smallest absolute Gasteiger partial charge is 0.223 e. The molecule has 1 rings (SSSR count). The Hall–Kier alpha value is -0.900. The van der Waals surface area contributed by atoms with E-state index in [1.54, 1.807) is 0 Å². The quantitative estimate of drug-likeness (QED) is 0.760. The van der Waals surface area contributed by atoms with Crippen molar-refractivity contribution < 1.29 is 6.22 Å². The lowest BCUT2D eigenvalue weighted by atomic mass is 10.4. The van der Waals surface area contributed by atoms with Gasteiger partial charge < -0.3 is 5.32 Å². The fraction of sp³-hybridized carbons (Fsp3) is 0.556. The zero-order chi connectivity index (χ0) is 10.4. The molecule has 1 aromatic rings. The summed E-state index contributed by atoms with van der Waals surface area (Å²) in [6.07, 6.45) is 0. The monoisotopic (exact) mass is 202 g/mol. The molecule has 0 aliphatic rings. The van der Waals surface area contributed by atoms with Gasteiger partial charge in [0.05, 0.1) is 5.69 Å². The van der Waals surface area contributed by atoms with Crippen LogP contribution in [-0.4, -0.2) is 10.9 Å². The first-order valence-electron chi connectivity index (χ1n) is 4.31. The van der Waals surface area contributed by atoms with E-state index in [4.69, 9.17) is 0 Å². The van der Waals surface area contributed by atoms with Crippen LogP contribution in [0.5, 0.6) is 0 Å². The number of nitrogens with one attached hydrogen (secondary N) is 1. The molecule has 3 nitrogen and oxygen atoms in total. The van der Waals surface area contributed by atoms with Gasteiger partial charge in [-0.3, -0.25) is 4.79 Å². The second-order valence-electron chi connectivity index (χ2n) is 2.34. The van der Waals surface area contributed by atoms with Crippen LogP contribution >= 0.6 is 11.3 Å². The van der Waals surface area contributed by atoms with E-state index in [9.17, 15) is 4.79 Å². The molecular formula is C9H18N2OS. The highest BCUT2D eigenvalue weighted by Crippen LogP contribution is 2.20. The second kappa shape index (κ2) is 5.70. The predicted octanol–water partition coefficient (Wildman–Crippen LogP) is 2.99. The third kappa shape index (κ3) is 4.03. The summed E-state index contributed by atoms with van der Waals surface area (Å²) in [6, 6.07) is 0. The van der Waals surface area contributed by atoms with Crippen molar-refractivity contribution in [3.05, 3.63) is 10.6 Å². The first-order chi connectivity index (χ1) is 6.09. The average Bonchev–Trinajstić information content (AvgIpc) is 2.34. The Morgan fingerprint density at radius 1 is 1.46 bits per heavy atom. The molecule has 0 fully saturated rings. The molecule has 0 unspecified atom stereocenters. The van der Waals surface area contributed by atoms with Crippen molar-refractivity contribution >= 4 is 22.4 Å². The fourth-order valence-corrected chi connectivity index (χ4v) is 1.54. The molecule has 1 aromatic heterocycles. The van der Waals surface area contributed by atoms with Crippen molar-refractivity contribution in [2.45, 2.75) is 34.6 Å². The number of nitrogens with zero attached hydrogens (tertiary/aromatic N) is 1. The van der Waals surface area contributed by atoms with Gasteiger partial charge in [-0.05, 0) is 13.8 Å². The minimum Gasteiger partial charge on any atom is -0.302 e. The summed E-state index contributed by atoms with van der Waals surface area (Å²) < 4.78 is 0. The third-order valence-corrected chi connectivity index (χ3v) is 2.30. The van der Waals surface area contributed by atoms with E-state index in [0.29, 0.717) is 5.13 Å². The van der Waals surface area contributed by atoms with Crippen LogP contribution in [0.2, 0.25) is 0 Å². The second-order valence-corrected chi connectivity index (χ2v) is 3.54. The van der Waals surface area contributed by atoms with Gasteiger partial charge in [-0.1, -0.05) is 13.8 Å². The first-order valence-corrected chi connectivity index (χ1v) is 5.13. The molecule has 13 heavy (non-hydrogen) atoms. The van der Waals surface area contributed by atoms with Crippen LogP contribution < -0.4 is 5.32 Å². The summed E-state index contributed by atoms with van der Waals surface area (Å²) in [5.41, 5.74) is 0.985. The molecule has 4 heteroatoms. The standard InChI is InChI=1S/C7H10N2OS.C2H6.H2/c1-4-5(2)11-7(8-4)9-6(3)10;1-2;/h1-3H3,(H,8,9,10);1-2H3;1H. The first kappa shape index (κ1) is 12.1. The van der Waals surface area contributed by atoms with E-state index in [1.807, 2.05) is 27.7 Å². The normalized spacial score (nSPS) is 8.69. The van der Waals surface area contributed by atoms with Crippen molar-refractivity contribution in [3.63, 3.8) is 0 Å². The Morgan fingerprint density at radius 2 is 2.00 bits per heavy atom. The summed E-state index contributed by atoms with van der Waals surface area (Å²) >= 11 is 1.50. The maximum atomic E-state index is 10.6. The number of hydrogen-bond acceptors (Lipinski definition) is 3. The molecule has 0 atom stereocenters. The highest BCUT2D eigenvalue weighted by atomic mass is 32.1. The van der Waals surface area contributed by atoms with Crippen LogP contribution in [0.15, 0.2) is 0 Å².